The average Bonchev–Trinajstić information content (AvgIpc) is 2.35. The predicted molar refractivity (Wildman–Crippen MR) is 36.2 cm³/mol. The fourth-order valence-electron chi connectivity index (χ4n) is 2.29. The maximum Gasteiger partial charge on any atom is 0.0578 e. The van der Waals surface area contributed by atoms with Crippen LogP contribution in [0.2, 0.25) is 0 Å². The number of ether oxygens (including phenoxy) is 1. The highest BCUT2D eigenvalue weighted by atomic mass is 16.5. The Bertz CT molecular complexity index is 111. The molecule has 0 bridgehead atoms. The topological polar surface area (TPSA) is 9.23 Å². The van der Waals surface area contributed by atoms with Gasteiger partial charge in [0.2, 0.25) is 0 Å². The molecule has 2 rings (SSSR count). The molecule has 0 N–H and O–H groups in total. The van der Waals surface area contributed by atoms with Gasteiger partial charge in [0.1, 0.15) is 0 Å². The van der Waals surface area contributed by atoms with Crippen LogP contribution in [0.15, 0.2) is 0 Å². The van der Waals surface area contributed by atoms with Crippen molar-refractivity contribution >= 4 is 0 Å². The zero-order chi connectivity index (χ0) is 6.27. The fourth-order valence-corrected chi connectivity index (χ4v) is 2.29. The maximum absolute atomic E-state index is 5.52. The Morgan fingerprint density at radius 1 is 1.33 bits per heavy atom. The lowest BCUT2D eigenvalue weighted by Gasteiger charge is -2.09. The van der Waals surface area contributed by atoms with Crippen LogP contribution in [0.3, 0.4) is 0 Å². The Hall–Kier alpha value is -0.0400. The molecule has 2 fully saturated rings. The van der Waals surface area contributed by atoms with E-state index < -0.39 is 0 Å². The molecule has 0 aromatic carbocycles. The molecule has 1 aliphatic carbocycles. The first-order chi connectivity index (χ1) is 4.38. The molecule has 0 spiro atoms. The van der Waals surface area contributed by atoms with E-state index in [4.69, 9.17) is 4.74 Å². The molecule has 1 saturated carbocycles. The summed E-state index contributed by atoms with van der Waals surface area (Å²) >= 11 is 0. The molecular weight excluding hydrogens is 112 g/mol. The van der Waals surface area contributed by atoms with E-state index in [9.17, 15) is 0 Å². The van der Waals surface area contributed by atoms with Gasteiger partial charge in [0.15, 0.2) is 0 Å². The van der Waals surface area contributed by atoms with E-state index in [-0.39, 0.29) is 0 Å². The standard InChI is InChI=1S/C8H14O/c1-6-8-4-2-3-7(8)5-9-6/h6-8H,2-5H2,1H3. The van der Waals surface area contributed by atoms with Crippen LogP contribution in [0.1, 0.15) is 26.2 Å². The minimum absolute atomic E-state index is 0.567. The van der Waals surface area contributed by atoms with Crippen LogP contribution in [0.25, 0.3) is 0 Å². The van der Waals surface area contributed by atoms with E-state index in [1.807, 2.05) is 0 Å². The molecule has 9 heavy (non-hydrogen) atoms. The fraction of sp³-hybridized carbons (Fsp3) is 1.00. The first kappa shape index (κ1) is 5.72. The number of hydrogen-bond acceptors (Lipinski definition) is 1. The van der Waals surface area contributed by atoms with Crippen LogP contribution >= 0.6 is 0 Å². The van der Waals surface area contributed by atoms with Gasteiger partial charge in [-0.3, -0.25) is 0 Å². The highest BCUT2D eigenvalue weighted by Crippen LogP contribution is 2.39. The summed E-state index contributed by atoms with van der Waals surface area (Å²) in [7, 11) is 0. The van der Waals surface area contributed by atoms with Crippen LogP contribution < -0.4 is 0 Å². The minimum Gasteiger partial charge on any atom is -0.378 e. The van der Waals surface area contributed by atoms with Gasteiger partial charge >= 0.3 is 0 Å². The molecular formula is C8H14O. The van der Waals surface area contributed by atoms with Crippen molar-refractivity contribution in [3.8, 4) is 0 Å². The van der Waals surface area contributed by atoms with Crippen molar-refractivity contribution in [1.29, 1.82) is 0 Å². The van der Waals surface area contributed by atoms with Crippen LogP contribution in [0.4, 0.5) is 0 Å². The quantitative estimate of drug-likeness (QED) is 0.481. The van der Waals surface area contributed by atoms with E-state index in [0.717, 1.165) is 18.4 Å². The Kier molecular flexibility index (Phi) is 1.26. The summed E-state index contributed by atoms with van der Waals surface area (Å²) in [6.07, 6.45) is 4.86. The molecule has 0 radical (unpaired) electrons. The van der Waals surface area contributed by atoms with Gasteiger partial charge in [-0.25, -0.2) is 0 Å². The molecule has 0 aromatic heterocycles. The number of hydrogen-bond donors (Lipinski definition) is 0. The summed E-state index contributed by atoms with van der Waals surface area (Å²) in [6.45, 7) is 3.27. The SMILES string of the molecule is CC1OCC2CCCC21. The molecule has 2 aliphatic rings. The summed E-state index contributed by atoms with van der Waals surface area (Å²) in [4.78, 5) is 0. The van der Waals surface area contributed by atoms with E-state index in [0.29, 0.717) is 6.10 Å². The molecule has 3 atom stereocenters. The third-order valence-electron chi connectivity index (χ3n) is 2.89. The Labute approximate surface area is 56.4 Å². The second kappa shape index (κ2) is 1.98. The largest absolute Gasteiger partial charge is 0.378 e. The van der Waals surface area contributed by atoms with Gasteiger partial charge in [-0.2, -0.15) is 0 Å². The Morgan fingerprint density at radius 3 is 3.00 bits per heavy atom. The molecule has 0 aromatic rings. The molecule has 52 valence electrons. The predicted octanol–water partition coefficient (Wildman–Crippen LogP) is 1.82. The zero-order valence-electron chi connectivity index (χ0n) is 5.97. The molecule has 3 unspecified atom stereocenters. The molecule has 1 aliphatic heterocycles. The summed E-state index contributed by atoms with van der Waals surface area (Å²) in [5.41, 5.74) is 0. The van der Waals surface area contributed by atoms with Crippen molar-refractivity contribution in [3.63, 3.8) is 0 Å². The lowest BCUT2D eigenvalue weighted by molar-refractivity contribution is 0.0999. The lowest BCUT2D eigenvalue weighted by atomic mass is 9.96. The van der Waals surface area contributed by atoms with Gasteiger partial charge in [-0.15, -0.1) is 0 Å². The Balaban J connectivity index is 2.07. The van der Waals surface area contributed by atoms with Gasteiger partial charge in [0.05, 0.1) is 12.7 Å². The van der Waals surface area contributed by atoms with Crippen molar-refractivity contribution in [2.75, 3.05) is 6.61 Å². The van der Waals surface area contributed by atoms with Gasteiger partial charge in [-0.1, -0.05) is 6.42 Å². The normalized spacial score (nSPS) is 49.7. The lowest BCUT2D eigenvalue weighted by Crippen LogP contribution is -2.11. The third-order valence-corrected chi connectivity index (χ3v) is 2.89. The van der Waals surface area contributed by atoms with Crippen molar-refractivity contribution in [2.24, 2.45) is 11.8 Å². The van der Waals surface area contributed by atoms with Crippen molar-refractivity contribution in [3.05, 3.63) is 0 Å². The molecule has 0 amide bonds. The second-order valence-electron chi connectivity index (χ2n) is 3.39. The highest BCUT2D eigenvalue weighted by Gasteiger charge is 2.37. The van der Waals surface area contributed by atoms with Crippen LogP contribution in [0.5, 0.6) is 0 Å². The van der Waals surface area contributed by atoms with E-state index in [1.165, 1.54) is 19.3 Å². The monoisotopic (exact) mass is 126 g/mol. The van der Waals surface area contributed by atoms with E-state index in [1.54, 1.807) is 0 Å². The summed E-state index contributed by atoms with van der Waals surface area (Å²) in [6, 6.07) is 0. The molecule has 1 heteroatoms. The molecule has 1 saturated heterocycles. The number of rotatable bonds is 0. The maximum atomic E-state index is 5.52. The van der Waals surface area contributed by atoms with E-state index in [2.05, 4.69) is 6.92 Å². The zero-order valence-corrected chi connectivity index (χ0v) is 5.97. The number of fused-ring (bicyclic) bond motifs is 1. The van der Waals surface area contributed by atoms with Gasteiger partial charge < -0.3 is 4.74 Å². The van der Waals surface area contributed by atoms with E-state index >= 15 is 0 Å². The van der Waals surface area contributed by atoms with Crippen LogP contribution in [-0.2, 0) is 4.74 Å². The summed E-state index contributed by atoms with van der Waals surface area (Å²) in [5, 5.41) is 0. The van der Waals surface area contributed by atoms with Gasteiger partial charge in [0, 0.05) is 0 Å². The van der Waals surface area contributed by atoms with Crippen LogP contribution in [-0.4, -0.2) is 12.7 Å². The van der Waals surface area contributed by atoms with Crippen molar-refractivity contribution in [2.45, 2.75) is 32.3 Å². The molecule has 1 heterocycles. The first-order valence-electron chi connectivity index (χ1n) is 3.99. The highest BCUT2D eigenvalue weighted by molar-refractivity contribution is 4.85. The van der Waals surface area contributed by atoms with Gasteiger partial charge in [0.25, 0.3) is 0 Å². The summed E-state index contributed by atoms with van der Waals surface area (Å²) < 4.78 is 5.52. The first-order valence-corrected chi connectivity index (χ1v) is 3.99. The third kappa shape index (κ3) is 0.787. The minimum atomic E-state index is 0.567. The summed E-state index contributed by atoms with van der Waals surface area (Å²) in [5.74, 6) is 1.85. The van der Waals surface area contributed by atoms with Crippen molar-refractivity contribution < 1.29 is 4.74 Å². The second-order valence-corrected chi connectivity index (χ2v) is 3.39. The average molecular weight is 126 g/mol. The van der Waals surface area contributed by atoms with Crippen molar-refractivity contribution in [1.82, 2.24) is 0 Å². The smallest absolute Gasteiger partial charge is 0.0578 e. The Morgan fingerprint density at radius 2 is 2.22 bits per heavy atom. The van der Waals surface area contributed by atoms with Gasteiger partial charge in [-0.05, 0) is 31.6 Å². The molecule has 1 nitrogen and oxygen atoms in total. The van der Waals surface area contributed by atoms with Crippen LogP contribution in [0, 0.1) is 11.8 Å².